The normalized spacial score (nSPS) is 26.8. The number of anilines is 2. The minimum absolute atomic E-state index is 0.116. The molecule has 1 fully saturated rings. The summed E-state index contributed by atoms with van der Waals surface area (Å²) in [4.78, 5) is 22.7. The number of aliphatic hydroxyl groups excluding tert-OH is 3. The molecule has 130 valence electrons. The highest BCUT2D eigenvalue weighted by Gasteiger charge is 2.44. The summed E-state index contributed by atoms with van der Waals surface area (Å²) >= 11 is 0. The summed E-state index contributed by atoms with van der Waals surface area (Å²) in [7, 11) is 0. The van der Waals surface area contributed by atoms with Gasteiger partial charge in [0.2, 0.25) is 5.95 Å². The van der Waals surface area contributed by atoms with E-state index in [-0.39, 0.29) is 22.9 Å². The molecule has 1 aliphatic rings. The Hall–Kier alpha value is -2.54. The number of ether oxygens (including phenoxy) is 1. The molecule has 0 aliphatic carbocycles. The van der Waals surface area contributed by atoms with Crippen LogP contribution in [0.25, 0.3) is 11.2 Å². The third-order valence-electron chi connectivity index (χ3n) is 3.64. The van der Waals surface area contributed by atoms with Crippen LogP contribution in [-0.2, 0) is 9.53 Å². The van der Waals surface area contributed by atoms with E-state index in [9.17, 15) is 15.0 Å². The maximum atomic E-state index is 10.7. The summed E-state index contributed by atoms with van der Waals surface area (Å²) in [5.41, 5.74) is 6.04. The summed E-state index contributed by atoms with van der Waals surface area (Å²) < 4.78 is 6.76. The van der Waals surface area contributed by atoms with Crippen LogP contribution in [0.2, 0.25) is 0 Å². The van der Waals surface area contributed by atoms with Crippen LogP contribution in [0.5, 0.6) is 0 Å². The first-order valence-corrected chi connectivity index (χ1v) is 7.00. The fourth-order valence-electron chi connectivity index (χ4n) is 2.51. The minimum atomic E-state index is -1.31. The maximum absolute atomic E-state index is 10.7. The van der Waals surface area contributed by atoms with Crippen molar-refractivity contribution < 1.29 is 30.0 Å². The average molecular weight is 340 g/mol. The van der Waals surface area contributed by atoms with Gasteiger partial charge < -0.3 is 36.2 Å². The van der Waals surface area contributed by atoms with E-state index in [2.05, 4.69) is 20.3 Å². The number of nitrogens with one attached hydrogen (secondary N) is 1. The summed E-state index contributed by atoms with van der Waals surface area (Å²) in [5, 5.41) is 40.4. The second-order valence-electron chi connectivity index (χ2n) is 5.23. The number of hydrogen-bond acceptors (Lipinski definition) is 10. The Morgan fingerprint density at radius 2 is 2.12 bits per heavy atom. The highest BCUT2D eigenvalue weighted by Crippen LogP contribution is 2.32. The highest BCUT2D eigenvalue weighted by molar-refractivity contribution is 5.86. The van der Waals surface area contributed by atoms with E-state index in [1.54, 1.807) is 0 Å². The standard InChI is InChI=1S/C12H16N6O6/c13-12-16-9(14-1-5(20)21)6-10(17-12)18(3-15-6)11-8(23)7(22)4(2-19)24-11/h3-4,7-8,11,19,22-23H,1-2H2,(H,20,21)(H3,13,14,16,17)/t4-,7+,8+,11-/m0/s1. The molecule has 2 aromatic heterocycles. The van der Waals surface area contributed by atoms with Crippen molar-refractivity contribution in [1.29, 1.82) is 0 Å². The lowest BCUT2D eigenvalue weighted by Crippen LogP contribution is -2.33. The largest absolute Gasteiger partial charge is 0.480 e. The van der Waals surface area contributed by atoms with Crippen LogP contribution in [-0.4, -0.2) is 77.4 Å². The Morgan fingerprint density at radius 1 is 1.38 bits per heavy atom. The molecule has 3 rings (SSSR count). The van der Waals surface area contributed by atoms with Crippen LogP contribution in [0, 0.1) is 0 Å². The number of aromatic nitrogens is 4. The van der Waals surface area contributed by atoms with Gasteiger partial charge in [-0.3, -0.25) is 9.36 Å². The Labute approximate surface area is 134 Å². The van der Waals surface area contributed by atoms with Crippen molar-refractivity contribution in [2.24, 2.45) is 0 Å². The van der Waals surface area contributed by atoms with Crippen molar-refractivity contribution >= 4 is 28.9 Å². The number of fused-ring (bicyclic) bond motifs is 1. The van der Waals surface area contributed by atoms with Gasteiger partial charge in [-0.2, -0.15) is 9.97 Å². The number of nitrogens with zero attached hydrogens (tertiary/aromatic N) is 4. The minimum Gasteiger partial charge on any atom is -0.480 e. The number of carboxylic acid groups (broad SMARTS) is 1. The molecule has 12 heteroatoms. The third kappa shape index (κ3) is 2.71. The number of hydrogen-bond donors (Lipinski definition) is 6. The van der Waals surface area contributed by atoms with Gasteiger partial charge in [-0.05, 0) is 0 Å². The molecular weight excluding hydrogens is 324 g/mol. The summed E-state index contributed by atoms with van der Waals surface area (Å²) in [5.74, 6) is -1.11. The fourth-order valence-corrected chi connectivity index (χ4v) is 2.51. The van der Waals surface area contributed by atoms with E-state index >= 15 is 0 Å². The SMILES string of the molecule is Nc1nc(NCC(=O)O)c2ncn([C@H]3O[C@@H](CO)[C@@H](O)[C@H]3O)c2n1. The molecule has 3 heterocycles. The van der Waals surface area contributed by atoms with Crippen molar-refractivity contribution in [3.63, 3.8) is 0 Å². The summed E-state index contributed by atoms with van der Waals surface area (Å²) in [6, 6.07) is 0. The first-order valence-electron chi connectivity index (χ1n) is 7.00. The molecule has 0 spiro atoms. The van der Waals surface area contributed by atoms with E-state index in [1.165, 1.54) is 10.9 Å². The van der Waals surface area contributed by atoms with Crippen LogP contribution in [0.1, 0.15) is 6.23 Å². The van der Waals surface area contributed by atoms with E-state index in [0.29, 0.717) is 0 Å². The van der Waals surface area contributed by atoms with Gasteiger partial charge in [0.05, 0.1) is 12.9 Å². The average Bonchev–Trinajstić information content (AvgIpc) is 3.07. The molecule has 0 bridgehead atoms. The number of carboxylic acids is 1. The Kier molecular flexibility index (Phi) is 4.19. The first-order chi connectivity index (χ1) is 11.4. The maximum Gasteiger partial charge on any atom is 0.322 e. The molecule has 0 saturated carbocycles. The number of aliphatic hydroxyl groups is 3. The molecule has 0 unspecified atom stereocenters. The van der Waals surface area contributed by atoms with E-state index < -0.39 is 43.7 Å². The van der Waals surface area contributed by atoms with Gasteiger partial charge in [-0.15, -0.1) is 0 Å². The number of imidazole rings is 1. The summed E-state index contributed by atoms with van der Waals surface area (Å²) in [6.45, 7) is -0.865. The lowest BCUT2D eigenvalue weighted by atomic mass is 10.1. The molecule has 0 aromatic carbocycles. The van der Waals surface area contributed by atoms with Crippen molar-refractivity contribution in [2.75, 3.05) is 24.2 Å². The first kappa shape index (κ1) is 16.3. The van der Waals surface area contributed by atoms with Crippen molar-refractivity contribution in [3.8, 4) is 0 Å². The number of carbonyl (C=O) groups is 1. The highest BCUT2D eigenvalue weighted by atomic mass is 16.6. The van der Waals surface area contributed by atoms with Gasteiger partial charge in [0.15, 0.2) is 23.2 Å². The lowest BCUT2D eigenvalue weighted by Gasteiger charge is -2.16. The molecular formula is C12H16N6O6. The van der Waals surface area contributed by atoms with Crippen LogP contribution in [0.3, 0.4) is 0 Å². The Bertz CT molecular complexity index is 766. The number of nitrogens with two attached hydrogens (primary N) is 1. The third-order valence-corrected chi connectivity index (χ3v) is 3.64. The molecule has 0 amide bonds. The van der Waals surface area contributed by atoms with Crippen molar-refractivity contribution in [3.05, 3.63) is 6.33 Å². The molecule has 7 N–H and O–H groups in total. The van der Waals surface area contributed by atoms with Gasteiger partial charge in [0.25, 0.3) is 0 Å². The van der Waals surface area contributed by atoms with E-state index in [4.69, 9.17) is 20.7 Å². The predicted octanol–water partition coefficient (Wildman–Crippen LogP) is -2.48. The zero-order valence-electron chi connectivity index (χ0n) is 12.3. The van der Waals surface area contributed by atoms with Gasteiger partial charge in [0, 0.05) is 0 Å². The predicted molar refractivity (Wildman–Crippen MR) is 78.9 cm³/mol. The monoisotopic (exact) mass is 340 g/mol. The molecule has 1 aliphatic heterocycles. The number of aliphatic carboxylic acids is 1. The Morgan fingerprint density at radius 3 is 2.75 bits per heavy atom. The second-order valence-corrected chi connectivity index (χ2v) is 5.23. The van der Waals surface area contributed by atoms with Crippen LogP contribution in [0.4, 0.5) is 11.8 Å². The topological polar surface area (TPSA) is 189 Å². The zero-order valence-corrected chi connectivity index (χ0v) is 12.3. The smallest absolute Gasteiger partial charge is 0.322 e. The second kappa shape index (κ2) is 6.16. The van der Waals surface area contributed by atoms with Crippen LogP contribution >= 0.6 is 0 Å². The number of rotatable bonds is 5. The van der Waals surface area contributed by atoms with Crippen molar-refractivity contribution in [2.45, 2.75) is 24.5 Å². The summed E-state index contributed by atoms with van der Waals surface area (Å²) in [6.07, 6.45) is -3.28. The molecule has 24 heavy (non-hydrogen) atoms. The number of nitrogen functional groups attached to an aromatic ring is 1. The van der Waals surface area contributed by atoms with E-state index in [0.717, 1.165) is 0 Å². The van der Waals surface area contributed by atoms with Gasteiger partial charge in [0.1, 0.15) is 24.9 Å². The van der Waals surface area contributed by atoms with Gasteiger partial charge in [-0.1, -0.05) is 0 Å². The molecule has 12 nitrogen and oxygen atoms in total. The zero-order chi connectivity index (χ0) is 17.4. The Balaban J connectivity index is 2.00. The van der Waals surface area contributed by atoms with Crippen molar-refractivity contribution in [1.82, 2.24) is 19.5 Å². The molecule has 1 saturated heterocycles. The van der Waals surface area contributed by atoms with Crippen LogP contribution in [0.15, 0.2) is 6.33 Å². The van der Waals surface area contributed by atoms with Gasteiger partial charge in [-0.25, -0.2) is 4.98 Å². The fraction of sp³-hybridized carbons (Fsp3) is 0.500. The molecule has 2 aromatic rings. The quantitative estimate of drug-likeness (QED) is 0.338. The van der Waals surface area contributed by atoms with Gasteiger partial charge >= 0.3 is 5.97 Å². The van der Waals surface area contributed by atoms with Crippen LogP contribution < -0.4 is 11.1 Å². The molecule has 0 radical (unpaired) electrons. The molecule has 4 atom stereocenters. The van der Waals surface area contributed by atoms with E-state index in [1.807, 2.05) is 0 Å². The lowest BCUT2D eigenvalue weighted by molar-refractivity contribution is -0.134.